The molecule has 2 atom stereocenters. The van der Waals surface area contributed by atoms with Gasteiger partial charge in [-0.15, -0.1) is 0 Å². The van der Waals surface area contributed by atoms with Crippen LogP contribution in [0.3, 0.4) is 0 Å². The minimum Gasteiger partial charge on any atom is -0.344 e. The molecule has 10 heteroatoms. The number of halogens is 6. The van der Waals surface area contributed by atoms with E-state index in [4.69, 9.17) is 0 Å². The molecular weight excluding hydrogens is 426 g/mol. The summed E-state index contributed by atoms with van der Waals surface area (Å²) in [6.45, 7) is 1.29. The van der Waals surface area contributed by atoms with Crippen LogP contribution in [-0.4, -0.2) is 30.3 Å². The number of hydrogen-bond acceptors (Lipinski definition) is 2. The second-order valence-corrected chi connectivity index (χ2v) is 7.39. The molecule has 4 nitrogen and oxygen atoms in total. The van der Waals surface area contributed by atoms with E-state index in [9.17, 15) is 35.9 Å². The molecule has 0 aromatic heterocycles. The molecular formula is C21H18F6N2O2. The first kappa shape index (κ1) is 22.6. The van der Waals surface area contributed by atoms with E-state index in [-0.39, 0.29) is 17.8 Å². The van der Waals surface area contributed by atoms with Gasteiger partial charge in [0.2, 0.25) is 11.8 Å². The van der Waals surface area contributed by atoms with Gasteiger partial charge in [-0.05, 0) is 42.3 Å². The molecule has 2 amide bonds. The third-order valence-electron chi connectivity index (χ3n) is 5.36. The maximum Gasteiger partial charge on any atom is 0.416 e. The van der Waals surface area contributed by atoms with Crippen molar-refractivity contribution in [3.8, 4) is 0 Å². The molecule has 0 radical (unpaired) electrons. The van der Waals surface area contributed by atoms with Crippen molar-refractivity contribution in [1.82, 2.24) is 4.90 Å². The van der Waals surface area contributed by atoms with Crippen molar-refractivity contribution in [2.75, 3.05) is 18.9 Å². The third-order valence-corrected chi connectivity index (χ3v) is 5.36. The highest BCUT2D eigenvalue weighted by Gasteiger charge is 2.44. The van der Waals surface area contributed by atoms with E-state index in [1.165, 1.54) is 37.1 Å². The highest BCUT2D eigenvalue weighted by Crippen LogP contribution is 2.38. The Kier molecular flexibility index (Phi) is 5.77. The van der Waals surface area contributed by atoms with E-state index in [1.54, 1.807) is 0 Å². The zero-order valence-electron chi connectivity index (χ0n) is 16.4. The molecule has 1 saturated heterocycles. The van der Waals surface area contributed by atoms with Crippen LogP contribution >= 0.6 is 0 Å². The quantitative estimate of drug-likeness (QED) is 0.544. The van der Waals surface area contributed by atoms with Gasteiger partial charge in [0, 0.05) is 25.2 Å². The van der Waals surface area contributed by atoms with Gasteiger partial charge in [0.05, 0.1) is 11.1 Å². The van der Waals surface area contributed by atoms with Crippen molar-refractivity contribution in [1.29, 1.82) is 0 Å². The molecule has 166 valence electrons. The topological polar surface area (TPSA) is 49.4 Å². The Hall–Kier alpha value is -3.04. The number of likely N-dealkylation sites (N-methyl/N-ethyl adjacent to an activating group) is 1. The molecule has 3 rings (SSSR count). The summed E-state index contributed by atoms with van der Waals surface area (Å²) in [6, 6.07) is 7.45. The van der Waals surface area contributed by atoms with Crippen LogP contribution < -0.4 is 5.32 Å². The maximum atomic E-state index is 13.1. The van der Waals surface area contributed by atoms with Gasteiger partial charge in [-0.1, -0.05) is 18.2 Å². The summed E-state index contributed by atoms with van der Waals surface area (Å²) in [5.74, 6) is -3.41. The fourth-order valence-corrected chi connectivity index (χ4v) is 3.70. The van der Waals surface area contributed by atoms with Gasteiger partial charge in [-0.3, -0.25) is 9.59 Å². The maximum absolute atomic E-state index is 13.1. The second kappa shape index (κ2) is 7.90. The number of carbonyl (C=O) groups excluding carboxylic acids is 2. The van der Waals surface area contributed by atoms with Gasteiger partial charge in [0.1, 0.15) is 5.92 Å². The fourth-order valence-electron chi connectivity index (χ4n) is 3.70. The first-order valence-electron chi connectivity index (χ1n) is 9.20. The Morgan fingerprint density at radius 1 is 1.00 bits per heavy atom. The lowest BCUT2D eigenvalue weighted by Gasteiger charge is -2.19. The van der Waals surface area contributed by atoms with Crippen molar-refractivity contribution >= 4 is 17.5 Å². The van der Waals surface area contributed by atoms with Gasteiger partial charge < -0.3 is 10.2 Å². The van der Waals surface area contributed by atoms with Crippen LogP contribution in [0.1, 0.15) is 28.2 Å². The lowest BCUT2D eigenvalue weighted by molar-refractivity contribution is -0.138. The molecule has 0 unspecified atom stereocenters. The predicted molar refractivity (Wildman–Crippen MR) is 100 cm³/mol. The average Bonchev–Trinajstić information content (AvgIpc) is 2.97. The van der Waals surface area contributed by atoms with E-state index in [2.05, 4.69) is 5.32 Å². The summed E-state index contributed by atoms with van der Waals surface area (Å²) in [6.07, 6.45) is -9.14. The van der Waals surface area contributed by atoms with E-state index in [0.717, 1.165) is 24.3 Å². The lowest BCUT2D eigenvalue weighted by Crippen LogP contribution is -2.33. The van der Waals surface area contributed by atoms with E-state index < -0.39 is 47.1 Å². The molecule has 1 fully saturated rings. The van der Waals surface area contributed by atoms with Crippen LogP contribution in [0.2, 0.25) is 0 Å². The molecule has 2 aromatic rings. The van der Waals surface area contributed by atoms with E-state index >= 15 is 0 Å². The van der Waals surface area contributed by atoms with Gasteiger partial charge in [0.15, 0.2) is 0 Å². The summed E-state index contributed by atoms with van der Waals surface area (Å²) >= 11 is 0. The van der Waals surface area contributed by atoms with E-state index in [0.29, 0.717) is 5.56 Å². The SMILES string of the molecule is Cc1c(NC(=O)[C@H]2C(=O)N(C)C[C@@H]2c2ccc(C(F)(F)F)cc2)cccc1C(F)(F)F. The number of anilines is 1. The summed E-state index contributed by atoms with van der Waals surface area (Å²) in [4.78, 5) is 26.7. The first-order chi connectivity index (χ1) is 14.3. The minimum atomic E-state index is -4.61. The molecule has 1 heterocycles. The van der Waals surface area contributed by atoms with Crippen molar-refractivity contribution < 1.29 is 35.9 Å². The lowest BCUT2D eigenvalue weighted by atomic mass is 9.87. The smallest absolute Gasteiger partial charge is 0.344 e. The van der Waals surface area contributed by atoms with Crippen molar-refractivity contribution in [3.05, 3.63) is 64.7 Å². The third kappa shape index (κ3) is 4.52. The van der Waals surface area contributed by atoms with Crippen LogP contribution in [0.25, 0.3) is 0 Å². The second-order valence-electron chi connectivity index (χ2n) is 7.39. The van der Waals surface area contributed by atoms with Crippen LogP contribution in [0, 0.1) is 12.8 Å². The molecule has 0 aliphatic carbocycles. The Bertz CT molecular complexity index is 998. The molecule has 31 heavy (non-hydrogen) atoms. The number of rotatable bonds is 3. The molecule has 2 aromatic carbocycles. The number of likely N-dealkylation sites (tertiary alicyclic amines) is 1. The molecule has 1 aliphatic heterocycles. The summed E-state index contributed by atoms with van der Waals surface area (Å²) < 4.78 is 77.8. The molecule has 0 saturated carbocycles. The first-order valence-corrected chi connectivity index (χ1v) is 9.20. The van der Waals surface area contributed by atoms with Gasteiger partial charge in [-0.2, -0.15) is 26.3 Å². The van der Waals surface area contributed by atoms with Gasteiger partial charge in [0.25, 0.3) is 0 Å². The summed E-state index contributed by atoms with van der Waals surface area (Å²) in [5.41, 5.74) is -1.72. The van der Waals surface area contributed by atoms with Crippen molar-refractivity contribution in [2.24, 2.45) is 5.92 Å². The standard InChI is InChI=1S/C21H18F6N2O2/c1-11-15(21(25,26)27)4-3-5-16(11)28-18(30)17-14(10-29(2)19(17)31)12-6-8-13(9-7-12)20(22,23)24/h3-9,14,17H,10H2,1-2H3,(H,28,30)/t14-,17+/m1/s1. The number of nitrogens with zero attached hydrogens (tertiary/aromatic N) is 1. The number of amides is 2. The molecule has 1 aliphatic rings. The molecule has 0 bridgehead atoms. The minimum absolute atomic E-state index is 0.0872. The summed E-state index contributed by atoms with van der Waals surface area (Å²) in [5, 5.41) is 2.38. The Morgan fingerprint density at radius 3 is 2.16 bits per heavy atom. The van der Waals surface area contributed by atoms with Crippen LogP contribution in [0.5, 0.6) is 0 Å². The zero-order chi connectivity index (χ0) is 23.1. The predicted octanol–water partition coefficient (Wildman–Crippen LogP) is 4.84. The number of benzene rings is 2. The van der Waals surface area contributed by atoms with E-state index in [1.807, 2.05) is 0 Å². The normalized spacial score (nSPS) is 19.6. The number of hydrogen-bond donors (Lipinski definition) is 1. The zero-order valence-corrected chi connectivity index (χ0v) is 16.4. The van der Waals surface area contributed by atoms with Gasteiger partial charge >= 0.3 is 12.4 Å². The number of nitrogens with one attached hydrogen (secondary N) is 1. The largest absolute Gasteiger partial charge is 0.416 e. The molecule has 1 N–H and O–H groups in total. The van der Waals surface area contributed by atoms with Crippen molar-refractivity contribution in [3.63, 3.8) is 0 Å². The van der Waals surface area contributed by atoms with Crippen LogP contribution in [0.15, 0.2) is 42.5 Å². The van der Waals surface area contributed by atoms with Crippen LogP contribution in [-0.2, 0) is 21.9 Å². The Morgan fingerprint density at radius 2 is 1.61 bits per heavy atom. The highest BCUT2D eigenvalue weighted by atomic mass is 19.4. The average molecular weight is 444 g/mol. The van der Waals surface area contributed by atoms with Gasteiger partial charge in [-0.25, -0.2) is 0 Å². The Labute approximate surface area is 173 Å². The van der Waals surface area contributed by atoms with Crippen LogP contribution in [0.4, 0.5) is 32.0 Å². The summed E-state index contributed by atoms with van der Waals surface area (Å²) in [7, 11) is 1.45. The number of carbonyl (C=O) groups is 2. The fraction of sp³-hybridized carbons (Fsp3) is 0.333. The molecule has 0 spiro atoms. The van der Waals surface area contributed by atoms with Crippen molar-refractivity contribution in [2.45, 2.75) is 25.2 Å². The Balaban J connectivity index is 1.89. The highest BCUT2D eigenvalue weighted by molar-refractivity contribution is 6.08. The number of alkyl halides is 6. The monoisotopic (exact) mass is 444 g/mol.